The first-order chi connectivity index (χ1) is 7.41. The van der Waals surface area contributed by atoms with E-state index in [-0.39, 0.29) is 6.54 Å². The first-order valence-corrected chi connectivity index (χ1v) is 6.78. The van der Waals surface area contributed by atoms with E-state index >= 15 is 0 Å². The molecule has 4 N–H and O–H groups in total. The Morgan fingerprint density at radius 1 is 1.69 bits per heavy atom. The van der Waals surface area contributed by atoms with Gasteiger partial charge in [0.15, 0.2) is 0 Å². The number of nitrogens with two attached hydrogens (primary N) is 1. The summed E-state index contributed by atoms with van der Waals surface area (Å²) in [5.74, 6) is -1.99. The predicted octanol–water partition coefficient (Wildman–Crippen LogP) is -1.03. The van der Waals surface area contributed by atoms with Crippen molar-refractivity contribution in [2.45, 2.75) is 12.6 Å². The van der Waals surface area contributed by atoms with E-state index in [1.807, 2.05) is 0 Å². The second-order valence-corrected chi connectivity index (χ2v) is 5.80. The van der Waals surface area contributed by atoms with Gasteiger partial charge in [0.1, 0.15) is 11.0 Å². The summed E-state index contributed by atoms with van der Waals surface area (Å²) in [7, 11) is -3.69. The molecule has 0 aromatic carbocycles. The van der Waals surface area contributed by atoms with Crippen LogP contribution in [0, 0.1) is 0 Å². The highest BCUT2D eigenvalue weighted by atomic mass is 32.2. The van der Waals surface area contributed by atoms with Gasteiger partial charge in [0.25, 0.3) is 0 Å². The highest BCUT2D eigenvalue weighted by molar-refractivity contribution is 7.89. The van der Waals surface area contributed by atoms with Crippen LogP contribution in [0.25, 0.3) is 0 Å². The number of hydrogen-bond acceptors (Lipinski definition) is 6. The summed E-state index contributed by atoms with van der Waals surface area (Å²) in [6, 6.07) is -1.42. The lowest BCUT2D eigenvalue weighted by molar-refractivity contribution is -0.137. The van der Waals surface area contributed by atoms with E-state index in [2.05, 4.69) is 9.71 Å². The van der Waals surface area contributed by atoms with Crippen LogP contribution in [0.15, 0.2) is 11.6 Å². The van der Waals surface area contributed by atoms with Crippen LogP contribution in [0.4, 0.5) is 0 Å². The van der Waals surface area contributed by atoms with Crippen molar-refractivity contribution >= 4 is 27.3 Å². The number of sulfonamides is 1. The fraction of sp³-hybridized carbons (Fsp3) is 0.429. The van der Waals surface area contributed by atoms with Crippen LogP contribution in [-0.4, -0.2) is 36.3 Å². The lowest BCUT2D eigenvalue weighted by Gasteiger charge is -2.07. The maximum atomic E-state index is 11.4. The highest BCUT2D eigenvalue weighted by Gasteiger charge is 2.21. The van der Waals surface area contributed by atoms with E-state index < -0.39 is 27.8 Å². The fourth-order valence-electron chi connectivity index (χ4n) is 0.879. The van der Waals surface area contributed by atoms with Gasteiger partial charge in [-0.15, -0.1) is 11.3 Å². The summed E-state index contributed by atoms with van der Waals surface area (Å²) >= 11 is 1.30. The largest absolute Gasteiger partial charge is 0.480 e. The van der Waals surface area contributed by atoms with Crippen LogP contribution in [0.5, 0.6) is 0 Å². The Morgan fingerprint density at radius 3 is 2.88 bits per heavy atom. The second-order valence-electron chi connectivity index (χ2n) is 2.97. The van der Waals surface area contributed by atoms with Crippen LogP contribution in [0.1, 0.15) is 5.01 Å². The second kappa shape index (κ2) is 5.34. The molecule has 0 unspecified atom stereocenters. The third-order valence-corrected chi connectivity index (χ3v) is 3.80. The minimum absolute atomic E-state index is 0.0480. The van der Waals surface area contributed by atoms with Crippen LogP contribution in [-0.2, 0) is 21.4 Å². The summed E-state index contributed by atoms with van der Waals surface area (Å²) < 4.78 is 25.0. The Hall–Kier alpha value is -1.03. The van der Waals surface area contributed by atoms with Gasteiger partial charge >= 0.3 is 5.97 Å². The van der Waals surface area contributed by atoms with Gasteiger partial charge in [-0.2, -0.15) is 0 Å². The van der Waals surface area contributed by atoms with Gasteiger partial charge in [0.2, 0.25) is 10.0 Å². The summed E-state index contributed by atoms with van der Waals surface area (Å²) in [6.45, 7) is 0.0480. The Bertz CT molecular complexity index is 442. The summed E-state index contributed by atoms with van der Waals surface area (Å²) in [5.41, 5.74) is 5.12. The van der Waals surface area contributed by atoms with Crippen molar-refractivity contribution in [3.63, 3.8) is 0 Å². The van der Waals surface area contributed by atoms with Crippen molar-refractivity contribution in [3.8, 4) is 0 Å². The quantitative estimate of drug-likeness (QED) is 0.604. The molecule has 7 nitrogen and oxygen atoms in total. The average molecular weight is 265 g/mol. The molecule has 1 heterocycles. The molecule has 0 aliphatic carbocycles. The Kier molecular flexibility index (Phi) is 4.35. The van der Waals surface area contributed by atoms with E-state index in [1.54, 1.807) is 11.6 Å². The molecule has 90 valence electrons. The minimum atomic E-state index is -3.69. The molecular formula is C7H11N3O4S2. The molecule has 0 bridgehead atoms. The van der Waals surface area contributed by atoms with Crippen molar-refractivity contribution < 1.29 is 18.3 Å². The molecule has 0 amide bonds. The lowest BCUT2D eigenvalue weighted by Crippen LogP contribution is -2.41. The van der Waals surface area contributed by atoms with Gasteiger partial charge < -0.3 is 10.8 Å². The molecule has 0 aliphatic heterocycles. The lowest BCUT2D eigenvalue weighted by atomic mass is 10.4. The molecular weight excluding hydrogens is 254 g/mol. The number of carboxylic acid groups (broad SMARTS) is 1. The summed E-state index contributed by atoms with van der Waals surface area (Å²) in [5, 5.41) is 10.8. The molecule has 9 heteroatoms. The number of carbonyl (C=O) groups is 1. The highest BCUT2D eigenvalue weighted by Crippen LogP contribution is 2.03. The van der Waals surface area contributed by atoms with Crippen LogP contribution >= 0.6 is 11.3 Å². The first-order valence-electron chi connectivity index (χ1n) is 4.25. The van der Waals surface area contributed by atoms with Crippen molar-refractivity contribution in [1.82, 2.24) is 9.71 Å². The zero-order chi connectivity index (χ0) is 12.2. The van der Waals surface area contributed by atoms with E-state index in [0.29, 0.717) is 5.01 Å². The van der Waals surface area contributed by atoms with E-state index in [1.165, 1.54) is 11.3 Å². The monoisotopic (exact) mass is 265 g/mol. The number of hydrogen-bond donors (Lipinski definition) is 3. The van der Waals surface area contributed by atoms with Crippen LogP contribution in [0.2, 0.25) is 0 Å². The van der Waals surface area contributed by atoms with E-state index in [9.17, 15) is 13.2 Å². The Morgan fingerprint density at radius 2 is 2.38 bits per heavy atom. The van der Waals surface area contributed by atoms with Crippen molar-refractivity contribution in [3.05, 3.63) is 16.6 Å². The molecule has 0 fully saturated rings. The van der Waals surface area contributed by atoms with Gasteiger partial charge in [0, 0.05) is 11.6 Å². The molecule has 1 rings (SSSR count). The van der Waals surface area contributed by atoms with Crippen molar-refractivity contribution in [2.75, 3.05) is 5.75 Å². The molecule has 0 spiro atoms. The van der Waals surface area contributed by atoms with Crippen LogP contribution in [0.3, 0.4) is 0 Å². The number of aromatic nitrogens is 1. The fourth-order valence-corrected chi connectivity index (χ4v) is 2.62. The molecule has 1 aromatic heterocycles. The molecule has 16 heavy (non-hydrogen) atoms. The van der Waals surface area contributed by atoms with Crippen LogP contribution < -0.4 is 10.5 Å². The third kappa shape index (κ3) is 4.23. The van der Waals surface area contributed by atoms with Gasteiger partial charge in [0.05, 0.1) is 12.3 Å². The minimum Gasteiger partial charge on any atom is -0.480 e. The third-order valence-electron chi connectivity index (χ3n) is 1.64. The number of rotatable bonds is 6. The molecule has 1 aromatic rings. The zero-order valence-corrected chi connectivity index (χ0v) is 9.79. The predicted molar refractivity (Wildman–Crippen MR) is 58.4 cm³/mol. The molecule has 0 saturated heterocycles. The Labute approximate surface area is 96.4 Å². The molecule has 1 atom stereocenters. The van der Waals surface area contributed by atoms with Crippen molar-refractivity contribution in [1.29, 1.82) is 0 Å². The standard InChI is InChI=1S/C7H11N3O4S2/c8-5(7(11)12)4-16(13,14)10-3-6-9-1-2-15-6/h1-2,5,10H,3-4,8H2,(H,11,12)/t5-/m0/s1. The van der Waals surface area contributed by atoms with Gasteiger partial charge in [-0.1, -0.05) is 0 Å². The maximum absolute atomic E-state index is 11.4. The first kappa shape index (κ1) is 13.0. The van der Waals surface area contributed by atoms with E-state index in [0.717, 1.165) is 0 Å². The topological polar surface area (TPSA) is 122 Å². The number of carboxylic acids is 1. The molecule has 0 radical (unpaired) electrons. The SMILES string of the molecule is N[C@@H](CS(=O)(=O)NCc1nccs1)C(=O)O. The average Bonchev–Trinajstić information content (AvgIpc) is 2.66. The smallest absolute Gasteiger partial charge is 0.321 e. The molecule has 0 aliphatic rings. The summed E-state index contributed by atoms with van der Waals surface area (Å²) in [4.78, 5) is 14.3. The molecule has 0 saturated carbocycles. The van der Waals surface area contributed by atoms with Gasteiger partial charge in [-0.25, -0.2) is 18.1 Å². The Balaban J connectivity index is 2.49. The normalized spacial score (nSPS) is 13.6. The maximum Gasteiger partial charge on any atom is 0.321 e. The van der Waals surface area contributed by atoms with E-state index in [4.69, 9.17) is 10.8 Å². The summed E-state index contributed by atoms with van der Waals surface area (Å²) in [6.07, 6.45) is 1.55. The van der Waals surface area contributed by atoms with Gasteiger partial charge in [-0.3, -0.25) is 4.79 Å². The number of aliphatic carboxylic acids is 1. The number of thiazole rings is 1. The zero-order valence-electron chi connectivity index (χ0n) is 8.16. The van der Waals surface area contributed by atoms with Crippen molar-refractivity contribution in [2.24, 2.45) is 5.73 Å². The van der Waals surface area contributed by atoms with Gasteiger partial charge in [-0.05, 0) is 0 Å². The number of nitrogens with one attached hydrogen (secondary N) is 1. The number of nitrogens with zero attached hydrogens (tertiary/aromatic N) is 1.